The van der Waals surface area contributed by atoms with Crippen LogP contribution in [0.15, 0.2) is 83.8 Å². The third-order valence-corrected chi connectivity index (χ3v) is 7.86. The van der Waals surface area contributed by atoms with E-state index in [4.69, 9.17) is 11.6 Å². The summed E-state index contributed by atoms with van der Waals surface area (Å²) in [6, 6.07) is 22.6. The highest BCUT2D eigenvalue weighted by Crippen LogP contribution is 2.25. The summed E-state index contributed by atoms with van der Waals surface area (Å²) in [7, 11) is -3.94. The predicted octanol–water partition coefficient (Wildman–Crippen LogP) is 4.45. The number of sulfonamides is 1. The first kappa shape index (κ1) is 24.3. The molecule has 178 valence electrons. The van der Waals surface area contributed by atoms with Gasteiger partial charge in [-0.05, 0) is 73.5 Å². The SMILES string of the molecule is O=C(CN(c1ccc(Cl)cc1)S(=O)(=O)c1ccccc1)NCc1cccc(CN2CCCC2)c1. The quantitative estimate of drug-likeness (QED) is 0.474. The molecule has 1 N–H and O–H groups in total. The van der Waals surface area contributed by atoms with Crippen LogP contribution in [0.5, 0.6) is 0 Å². The van der Waals surface area contributed by atoms with Gasteiger partial charge >= 0.3 is 0 Å². The van der Waals surface area contributed by atoms with Gasteiger partial charge in [0.15, 0.2) is 0 Å². The van der Waals surface area contributed by atoms with Gasteiger partial charge in [-0.15, -0.1) is 0 Å². The highest BCUT2D eigenvalue weighted by Gasteiger charge is 2.27. The van der Waals surface area contributed by atoms with Gasteiger partial charge in [-0.1, -0.05) is 54.1 Å². The molecule has 1 saturated heterocycles. The van der Waals surface area contributed by atoms with E-state index in [9.17, 15) is 13.2 Å². The number of amides is 1. The van der Waals surface area contributed by atoms with Gasteiger partial charge in [0.2, 0.25) is 5.91 Å². The molecule has 34 heavy (non-hydrogen) atoms. The zero-order valence-corrected chi connectivity index (χ0v) is 20.4. The van der Waals surface area contributed by atoms with Gasteiger partial charge < -0.3 is 5.32 Å². The summed E-state index contributed by atoms with van der Waals surface area (Å²) in [5.41, 5.74) is 2.56. The van der Waals surface area contributed by atoms with Crippen LogP contribution in [-0.2, 0) is 27.9 Å². The zero-order valence-electron chi connectivity index (χ0n) is 18.9. The lowest BCUT2D eigenvalue weighted by molar-refractivity contribution is -0.119. The summed E-state index contributed by atoms with van der Waals surface area (Å²) in [6.45, 7) is 3.13. The van der Waals surface area contributed by atoms with Crippen molar-refractivity contribution in [1.82, 2.24) is 10.2 Å². The van der Waals surface area contributed by atoms with Gasteiger partial charge in [-0.25, -0.2) is 8.42 Å². The van der Waals surface area contributed by atoms with Gasteiger partial charge in [-0.2, -0.15) is 0 Å². The minimum atomic E-state index is -3.94. The molecule has 0 bridgehead atoms. The Kier molecular flexibility index (Phi) is 7.88. The number of halogens is 1. The minimum Gasteiger partial charge on any atom is -0.350 e. The second kappa shape index (κ2) is 11.0. The Hall–Kier alpha value is -2.87. The maximum Gasteiger partial charge on any atom is 0.264 e. The second-order valence-corrected chi connectivity index (χ2v) is 10.7. The van der Waals surface area contributed by atoms with Crippen molar-refractivity contribution in [2.24, 2.45) is 0 Å². The lowest BCUT2D eigenvalue weighted by atomic mass is 10.1. The average molecular weight is 498 g/mol. The molecule has 8 heteroatoms. The molecule has 0 spiro atoms. The number of nitrogens with one attached hydrogen (secondary N) is 1. The van der Waals surface area contributed by atoms with E-state index in [1.165, 1.54) is 30.5 Å². The number of rotatable bonds is 9. The van der Waals surface area contributed by atoms with Crippen LogP contribution in [-0.4, -0.2) is 38.9 Å². The molecule has 0 unspecified atom stereocenters. The number of carbonyl (C=O) groups is 1. The average Bonchev–Trinajstić information content (AvgIpc) is 3.36. The molecule has 0 atom stereocenters. The molecule has 1 aliphatic rings. The number of nitrogens with zero attached hydrogens (tertiary/aromatic N) is 2. The molecule has 0 radical (unpaired) electrons. The molecule has 3 aromatic rings. The Balaban J connectivity index is 1.46. The summed E-state index contributed by atoms with van der Waals surface area (Å²) in [4.78, 5) is 15.4. The summed E-state index contributed by atoms with van der Waals surface area (Å²) in [6.07, 6.45) is 2.48. The molecule has 1 heterocycles. The van der Waals surface area contributed by atoms with Gasteiger partial charge in [0.25, 0.3) is 10.0 Å². The molecule has 6 nitrogen and oxygen atoms in total. The number of likely N-dealkylation sites (tertiary alicyclic amines) is 1. The van der Waals surface area contributed by atoms with Crippen LogP contribution in [0.3, 0.4) is 0 Å². The highest BCUT2D eigenvalue weighted by atomic mass is 35.5. The third kappa shape index (κ3) is 6.17. The van der Waals surface area contributed by atoms with Crippen molar-refractivity contribution in [2.45, 2.75) is 30.8 Å². The summed E-state index contributed by atoms with van der Waals surface area (Å²) >= 11 is 5.99. The number of carbonyl (C=O) groups excluding carboxylic acids is 1. The van der Waals surface area contributed by atoms with Crippen molar-refractivity contribution in [3.05, 3.63) is 95.0 Å². The van der Waals surface area contributed by atoms with Crippen molar-refractivity contribution in [3.63, 3.8) is 0 Å². The standard InChI is InChI=1S/C26H28ClN3O3S/c27-23-11-13-24(14-12-23)30(34(32,33)25-9-2-1-3-10-25)20-26(31)28-18-21-7-6-8-22(17-21)19-29-15-4-5-16-29/h1-3,6-14,17H,4-5,15-16,18-20H2,(H,28,31). The van der Waals surface area contributed by atoms with E-state index in [-0.39, 0.29) is 17.3 Å². The lowest BCUT2D eigenvalue weighted by Gasteiger charge is -2.24. The molecule has 0 saturated carbocycles. The van der Waals surface area contributed by atoms with Gasteiger partial charge in [0.1, 0.15) is 6.54 Å². The Labute approximate surface area is 206 Å². The molecule has 1 aliphatic heterocycles. The largest absolute Gasteiger partial charge is 0.350 e. The van der Waals surface area contributed by atoms with Crippen LogP contribution in [0.25, 0.3) is 0 Å². The van der Waals surface area contributed by atoms with Crippen LogP contribution >= 0.6 is 11.6 Å². The molecular formula is C26H28ClN3O3S. The first-order valence-corrected chi connectivity index (χ1v) is 13.1. The molecule has 0 aromatic heterocycles. The number of anilines is 1. The summed E-state index contributed by atoms with van der Waals surface area (Å²) in [5.74, 6) is -0.389. The van der Waals surface area contributed by atoms with E-state index < -0.39 is 10.0 Å². The second-order valence-electron chi connectivity index (χ2n) is 8.38. The smallest absolute Gasteiger partial charge is 0.264 e. The van der Waals surface area contributed by atoms with E-state index in [0.717, 1.165) is 29.5 Å². The van der Waals surface area contributed by atoms with Crippen LogP contribution in [0.4, 0.5) is 5.69 Å². The van der Waals surface area contributed by atoms with Crippen molar-refractivity contribution < 1.29 is 13.2 Å². The maximum absolute atomic E-state index is 13.3. The number of benzene rings is 3. The monoisotopic (exact) mass is 497 g/mol. The summed E-state index contributed by atoms with van der Waals surface area (Å²) < 4.78 is 27.8. The van der Waals surface area contributed by atoms with Crippen LogP contribution in [0, 0.1) is 0 Å². The molecule has 4 rings (SSSR count). The van der Waals surface area contributed by atoms with Gasteiger partial charge in [0, 0.05) is 18.1 Å². The van der Waals surface area contributed by atoms with Gasteiger partial charge in [-0.3, -0.25) is 14.0 Å². The molecular weight excluding hydrogens is 470 g/mol. The van der Waals surface area contributed by atoms with E-state index in [0.29, 0.717) is 17.3 Å². The molecule has 3 aromatic carbocycles. The Morgan fingerprint density at radius 2 is 1.59 bits per heavy atom. The maximum atomic E-state index is 13.3. The molecule has 0 aliphatic carbocycles. The molecule has 1 fully saturated rings. The van der Waals surface area contributed by atoms with Gasteiger partial charge in [0.05, 0.1) is 10.6 Å². The zero-order chi connectivity index (χ0) is 24.0. The van der Waals surface area contributed by atoms with E-state index in [1.807, 2.05) is 12.1 Å². The van der Waals surface area contributed by atoms with E-state index in [2.05, 4.69) is 22.3 Å². The normalized spacial score (nSPS) is 14.1. The third-order valence-electron chi connectivity index (χ3n) is 5.82. The predicted molar refractivity (Wildman–Crippen MR) is 135 cm³/mol. The van der Waals surface area contributed by atoms with Crippen LogP contribution in [0.1, 0.15) is 24.0 Å². The van der Waals surface area contributed by atoms with E-state index in [1.54, 1.807) is 42.5 Å². The summed E-state index contributed by atoms with van der Waals surface area (Å²) in [5, 5.41) is 3.36. The lowest BCUT2D eigenvalue weighted by Crippen LogP contribution is -2.40. The Bertz CT molecular complexity index is 1210. The number of hydrogen-bond donors (Lipinski definition) is 1. The first-order chi connectivity index (χ1) is 16.4. The highest BCUT2D eigenvalue weighted by molar-refractivity contribution is 7.92. The minimum absolute atomic E-state index is 0.118. The fourth-order valence-electron chi connectivity index (χ4n) is 4.07. The fraction of sp³-hybridized carbons (Fsp3) is 0.269. The van der Waals surface area contributed by atoms with E-state index >= 15 is 0 Å². The van der Waals surface area contributed by atoms with Crippen LogP contribution < -0.4 is 9.62 Å². The fourth-order valence-corrected chi connectivity index (χ4v) is 5.63. The topological polar surface area (TPSA) is 69.7 Å². The van der Waals surface area contributed by atoms with Crippen molar-refractivity contribution in [3.8, 4) is 0 Å². The van der Waals surface area contributed by atoms with Crippen molar-refractivity contribution in [2.75, 3.05) is 23.9 Å². The van der Waals surface area contributed by atoms with Crippen LogP contribution in [0.2, 0.25) is 5.02 Å². The van der Waals surface area contributed by atoms with Crippen molar-refractivity contribution in [1.29, 1.82) is 0 Å². The molecule has 1 amide bonds. The Morgan fingerprint density at radius 3 is 2.29 bits per heavy atom. The Morgan fingerprint density at radius 1 is 0.912 bits per heavy atom. The number of hydrogen-bond acceptors (Lipinski definition) is 4. The van der Waals surface area contributed by atoms with Crippen molar-refractivity contribution >= 4 is 33.2 Å². The first-order valence-electron chi connectivity index (χ1n) is 11.3.